The lowest BCUT2D eigenvalue weighted by atomic mass is 9.93. The standard InChI is InChI=1S/C22H24N4O3S/c1-22(2)19(23-24-21(27)30-22)16-8-11-18-15(13-16)5-4-12-26(18)20(25-28)14-6-9-17(29-3)10-7-14/h6-11,13,28H,4-5,12H2,1-3H3,(H,24,27)/b25-20-. The minimum Gasteiger partial charge on any atom is -0.497 e. The van der Waals surface area contributed by atoms with Crippen molar-refractivity contribution >= 4 is 34.2 Å². The molecule has 2 aromatic rings. The summed E-state index contributed by atoms with van der Waals surface area (Å²) in [5, 5.41) is 17.6. The van der Waals surface area contributed by atoms with E-state index >= 15 is 0 Å². The van der Waals surface area contributed by atoms with Gasteiger partial charge in [0.25, 0.3) is 5.24 Å². The lowest BCUT2D eigenvalue weighted by molar-refractivity contribution is 0.260. The number of hydrazone groups is 1. The van der Waals surface area contributed by atoms with E-state index in [-0.39, 0.29) is 5.24 Å². The van der Waals surface area contributed by atoms with Gasteiger partial charge in [-0.2, -0.15) is 5.10 Å². The number of hydrogen-bond acceptors (Lipinski definition) is 6. The summed E-state index contributed by atoms with van der Waals surface area (Å²) >= 11 is 1.24. The molecule has 0 saturated carbocycles. The highest BCUT2D eigenvalue weighted by Crippen LogP contribution is 2.35. The first-order valence-corrected chi connectivity index (χ1v) is 10.6. The van der Waals surface area contributed by atoms with Gasteiger partial charge >= 0.3 is 0 Å². The van der Waals surface area contributed by atoms with Crippen LogP contribution < -0.4 is 15.1 Å². The zero-order valence-electron chi connectivity index (χ0n) is 17.2. The number of ether oxygens (including phenoxy) is 1. The molecule has 0 fully saturated rings. The van der Waals surface area contributed by atoms with Gasteiger partial charge in [-0.15, -0.1) is 0 Å². The third-order valence-corrected chi connectivity index (χ3v) is 6.33. The molecule has 2 aliphatic rings. The van der Waals surface area contributed by atoms with Gasteiger partial charge in [-0.05, 0) is 74.2 Å². The molecule has 2 heterocycles. The second-order valence-corrected chi connectivity index (χ2v) is 9.32. The van der Waals surface area contributed by atoms with Crippen LogP contribution in [0.25, 0.3) is 0 Å². The van der Waals surface area contributed by atoms with Gasteiger partial charge in [0.1, 0.15) is 5.75 Å². The van der Waals surface area contributed by atoms with Crippen molar-refractivity contribution in [3.8, 4) is 5.75 Å². The fraction of sp³-hybridized carbons (Fsp3) is 0.318. The number of amides is 1. The number of hydrogen-bond donors (Lipinski definition) is 2. The van der Waals surface area contributed by atoms with Crippen LogP contribution in [0.2, 0.25) is 0 Å². The molecule has 156 valence electrons. The first-order valence-electron chi connectivity index (χ1n) is 9.77. The Morgan fingerprint density at radius 3 is 2.70 bits per heavy atom. The molecule has 2 aromatic carbocycles. The molecule has 0 atom stereocenters. The molecular weight excluding hydrogens is 400 g/mol. The molecule has 1 amide bonds. The Balaban J connectivity index is 1.69. The van der Waals surface area contributed by atoms with E-state index in [9.17, 15) is 10.0 Å². The highest BCUT2D eigenvalue weighted by Gasteiger charge is 2.34. The first-order chi connectivity index (χ1) is 14.4. The lowest BCUT2D eigenvalue weighted by Crippen LogP contribution is -2.39. The third-order valence-electron chi connectivity index (χ3n) is 5.35. The minimum absolute atomic E-state index is 0.142. The highest BCUT2D eigenvalue weighted by atomic mass is 32.2. The van der Waals surface area contributed by atoms with Gasteiger partial charge in [0.2, 0.25) is 0 Å². The van der Waals surface area contributed by atoms with Crippen molar-refractivity contribution in [3.05, 3.63) is 59.2 Å². The fourth-order valence-corrected chi connectivity index (χ4v) is 4.74. The van der Waals surface area contributed by atoms with Gasteiger partial charge < -0.3 is 14.8 Å². The van der Waals surface area contributed by atoms with Gasteiger partial charge in [0, 0.05) is 17.8 Å². The number of rotatable bonds is 3. The molecule has 2 aliphatic heterocycles. The van der Waals surface area contributed by atoms with Gasteiger partial charge in [-0.1, -0.05) is 23.0 Å². The normalized spacial score (nSPS) is 18.4. The van der Waals surface area contributed by atoms with Gasteiger partial charge in [-0.3, -0.25) is 4.79 Å². The quantitative estimate of drug-likeness (QED) is 0.333. The van der Waals surface area contributed by atoms with Crippen LogP contribution in [0, 0.1) is 0 Å². The number of carbonyl (C=O) groups excluding carboxylic acids is 1. The predicted molar refractivity (Wildman–Crippen MR) is 120 cm³/mol. The third kappa shape index (κ3) is 3.75. The monoisotopic (exact) mass is 424 g/mol. The number of benzene rings is 2. The van der Waals surface area contributed by atoms with E-state index in [1.54, 1.807) is 7.11 Å². The molecule has 0 saturated heterocycles. The van der Waals surface area contributed by atoms with Crippen LogP contribution in [-0.2, 0) is 6.42 Å². The van der Waals surface area contributed by atoms with Crippen molar-refractivity contribution in [1.82, 2.24) is 5.43 Å². The largest absolute Gasteiger partial charge is 0.497 e. The van der Waals surface area contributed by atoms with Crippen LogP contribution in [0.1, 0.15) is 37.0 Å². The van der Waals surface area contributed by atoms with E-state index < -0.39 is 4.75 Å². The number of oxime groups is 1. The summed E-state index contributed by atoms with van der Waals surface area (Å²) in [6, 6.07) is 13.7. The van der Waals surface area contributed by atoms with Crippen LogP contribution in [0.4, 0.5) is 10.5 Å². The molecule has 4 rings (SSSR count). The summed E-state index contributed by atoms with van der Waals surface area (Å²) < 4.78 is 4.81. The number of thioether (sulfide) groups is 1. The second-order valence-electron chi connectivity index (χ2n) is 7.72. The van der Waals surface area contributed by atoms with E-state index in [4.69, 9.17) is 4.74 Å². The van der Waals surface area contributed by atoms with E-state index in [1.807, 2.05) is 55.1 Å². The predicted octanol–water partition coefficient (Wildman–Crippen LogP) is 4.22. The van der Waals surface area contributed by atoms with Crippen molar-refractivity contribution in [2.24, 2.45) is 10.3 Å². The maximum atomic E-state index is 11.7. The summed E-state index contributed by atoms with van der Waals surface area (Å²) in [4.78, 5) is 13.7. The zero-order chi connectivity index (χ0) is 21.3. The van der Waals surface area contributed by atoms with Crippen molar-refractivity contribution in [3.63, 3.8) is 0 Å². The summed E-state index contributed by atoms with van der Waals surface area (Å²) in [6.07, 6.45) is 1.86. The SMILES string of the molecule is COc1ccc(/C(=N/O)N2CCCc3cc(C4=NNC(=O)SC4(C)C)ccc32)cc1. The van der Waals surface area contributed by atoms with Crippen molar-refractivity contribution in [1.29, 1.82) is 0 Å². The van der Waals surface area contributed by atoms with E-state index in [0.717, 1.165) is 53.2 Å². The van der Waals surface area contributed by atoms with E-state index in [2.05, 4.69) is 21.7 Å². The Labute approximate surface area is 179 Å². The first kappa shape index (κ1) is 20.3. The number of methoxy groups -OCH3 is 1. The number of nitrogens with one attached hydrogen (secondary N) is 1. The second kappa shape index (κ2) is 8.02. The Hall–Kier alpha value is -3.00. The molecule has 7 nitrogen and oxygen atoms in total. The fourth-order valence-electron chi connectivity index (χ4n) is 3.92. The molecule has 2 N–H and O–H groups in total. The molecule has 0 aliphatic carbocycles. The topological polar surface area (TPSA) is 86.5 Å². The number of aryl methyl sites for hydroxylation is 1. The Bertz CT molecular complexity index is 1030. The molecule has 0 aromatic heterocycles. The van der Waals surface area contributed by atoms with Crippen LogP contribution in [0.3, 0.4) is 0 Å². The van der Waals surface area contributed by atoms with Gasteiger partial charge in [0.05, 0.1) is 17.6 Å². The summed E-state index contributed by atoms with van der Waals surface area (Å²) in [5.74, 6) is 1.25. The van der Waals surface area contributed by atoms with Crippen LogP contribution in [0.5, 0.6) is 5.75 Å². The lowest BCUT2D eigenvalue weighted by Gasteiger charge is -2.33. The van der Waals surface area contributed by atoms with Gasteiger partial charge in [-0.25, -0.2) is 5.43 Å². The summed E-state index contributed by atoms with van der Waals surface area (Å²) in [7, 11) is 1.62. The Morgan fingerprint density at radius 2 is 2.03 bits per heavy atom. The molecule has 0 spiro atoms. The number of fused-ring (bicyclic) bond motifs is 1. The van der Waals surface area contributed by atoms with Crippen molar-refractivity contribution < 1.29 is 14.7 Å². The van der Waals surface area contributed by atoms with Crippen molar-refractivity contribution in [2.75, 3.05) is 18.6 Å². The van der Waals surface area contributed by atoms with Gasteiger partial charge in [0.15, 0.2) is 5.84 Å². The van der Waals surface area contributed by atoms with E-state index in [1.165, 1.54) is 11.8 Å². The highest BCUT2D eigenvalue weighted by molar-refractivity contribution is 8.15. The smallest absolute Gasteiger partial charge is 0.300 e. The average Bonchev–Trinajstić information content (AvgIpc) is 2.74. The summed E-state index contributed by atoms with van der Waals surface area (Å²) in [6.45, 7) is 4.76. The number of anilines is 1. The molecule has 0 bridgehead atoms. The number of nitrogens with zero attached hydrogens (tertiary/aromatic N) is 3. The number of carbonyl (C=O) groups is 1. The molecule has 8 heteroatoms. The number of amidine groups is 1. The Kier molecular flexibility index (Phi) is 5.42. The summed E-state index contributed by atoms with van der Waals surface area (Å²) in [5.41, 5.74) is 7.39. The van der Waals surface area contributed by atoms with Crippen LogP contribution in [-0.4, -0.2) is 40.4 Å². The van der Waals surface area contributed by atoms with Crippen LogP contribution in [0.15, 0.2) is 52.7 Å². The maximum absolute atomic E-state index is 11.7. The Morgan fingerprint density at radius 1 is 1.27 bits per heavy atom. The molecule has 0 radical (unpaired) electrons. The zero-order valence-corrected chi connectivity index (χ0v) is 18.0. The minimum atomic E-state index is -0.411. The van der Waals surface area contributed by atoms with Crippen molar-refractivity contribution in [2.45, 2.75) is 31.4 Å². The molecule has 0 unspecified atom stereocenters. The molecular formula is C22H24N4O3S. The average molecular weight is 425 g/mol. The molecule has 30 heavy (non-hydrogen) atoms. The maximum Gasteiger partial charge on any atom is 0.300 e. The van der Waals surface area contributed by atoms with Crippen LogP contribution >= 0.6 is 11.8 Å². The van der Waals surface area contributed by atoms with E-state index in [0.29, 0.717) is 5.84 Å².